The second-order valence-corrected chi connectivity index (χ2v) is 6.03. The lowest BCUT2D eigenvalue weighted by molar-refractivity contribution is -0.117. The summed E-state index contributed by atoms with van der Waals surface area (Å²) in [7, 11) is 0. The van der Waals surface area contributed by atoms with E-state index < -0.39 is 0 Å². The Morgan fingerprint density at radius 3 is 2.64 bits per heavy atom. The van der Waals surface area contributed by atoms with Crippen LogP contribution in [0, 0.1) is 6.92 Å². The molecule has 2 aromatic carbocycles. The van der Waals surface area contributed by atoms with Crippen LogP contribution in [0.5, 0.6) is 17.2 Å². The van der Waals surface area contributed by atoms with Gasteiger partial charge in [-0.1, -0.05) is 6.07 Å². The van der Waals surface area contributed by atoms with Gasteiger partial charge in [0, 0.05) is 5.69 Å². The fourth-order valence-corrected chi connectivity index (χ4v) is 2.78. The summed E-state index contributed by atoms with van der Waals surface area (Å²) in [6, 6.07) is 11.3. The van der Waals surface area contributed by atoms with Crippen molar-refractivity contribution in [1.82, 2.24) is 0 Å². The van der Waals surface area contributed by atoms with E-state index in [2.05, 4.69) is 5.32 Å². The molecule has 0 aromatic heterocycles. The number of hydrogen-bond acceptors (Lipinski definition) is 4. The lowest BCUT2D eigenvalue weighted by atomic mass is 9.99. The van der Waals surface area contributed by atoms with Gasteiger partial charge in [-0.05, 0) is 62.2 Å². The SMILES string of the molecule is CCOc1ccc(NC(=O)C(C)c2ccc3c(c2)OCCO3)cc1C. The summed E-state index contributed by atoms with van der Waals surface area (Å²) < 4.78 is 16.6. The molecule has 1 aliphatic heterocycles. The van der Waals surface area contributed by atoms with E-state index in [9.17, 15) is 4.79 Å². The van der Waals surface area contributed by atoms with Crippen molar-refractivity contribution >= 4 is 11.6 Å². The van der Waals surface area contributed by atoms with Crippen LogP contribution in [-0.4, -0.2) is 25.7 Å². The molecule has 2 aromatic rings. The van der Waals surface area contributed by atoms with Gasteiger partial charge >= 0.3 is 0 Å². The molecule has 0 aliphatic carbocycles. The molecule has 1 amide bonds. The number of hydrogen-bond donors (Lipinski definition) is 1. The molecule has 0 bridgehead atoms. The quantitative estimate of drug-likeness (QED) is 0.896. The van der Waals surface area contributed by atoms with Crippen molar-refractivity contribution in [3.8, 4) is 17.2 Å². The Bertz CT molecular complexity index is 772. The Labute approximate surface area is 147 Å². The van der Waals surface area contributed by atoms with Crippen molar-refractivity contribution in [3.63, 3.8) is 0 Å². The highest BCUT2D eigenvalue weighted by Crippen LogP contribution is 2.33. The second-order valence-electron chi connectivity index (χ2n) is 6.03. The summed E-state index contributed by atoms with van der Waals surface area (Å²) in [5, 5.41) is 2.96. The summed E-state index contributed by atoms with van der Waals surface area (Å²) in [5.41, 5.74) is 2.64. The first-order valence-corrected chi connectivity index (χ1v) is 8.52. The summed E-state index contributed by atoms with van der Waals surface area (Å²) in [6.07, 6.45) is 0. The van der Waals surface area contributed by atoms with Crippen molar-refractivity contribution in [1.29, 1.82) is 0 Å². The number of ether oxygens (including phenoxy) is 3. The normalized spacial score (nSPS) is 13.9. The first kappa shape index (κ1) is 17.1. The van der Waals surface area contributed by atoms with E-state index in [-0.39, 0.29) is 11.8 Å². The fraction of sp³-hybridized carbons (Fsp3) is 0.350. The van der Waals surface area contributed by atoms with Crippen LogP contribution >= 0.6 is 0 Å². The topological polar surface area (TPSA) is 56.8 Å². The zero-order valence-electron chi connectivity index (χ0n) is 14.8. The Morgan fingerprint density at radius 1 is 1.16 bits per heavy atom. The lowest BCUT2D eigenvalue weighted by Gasteiger charge is -2.20. The third-order valence-corrected chi connectivity index (χ3v) is 4.20. The van der Waals surface area contributed by atoms with Gasteiger partial charge < -0.3 is 19.5 Å². The van der Waals surface area contributed by atoms with E-state index in [1.807, 2.05) is 57.2 Å². The van der Waals surface area contributed by atoms with Gasteiger partial charge in [-0.15, -0.1) is 0 Å². The highest BCUT2D eigenvalue weighted by molar-refractivity contribution is 5.95. The van der Waals surface area contributed by atoms with Crippen molar-refractivity contribution in [2.75, 3.05) is 25.1 Å². The van der Waals surface area contributed by atoms with Gasteiger partial charge in [-0.2, -0.15) is 0 Å². The smallest absolute Gasteiger partial charge is 0.231 e. The summed E-state index contributed by atoms with van der Waals surface area (Å²) in [6.45, 7) is 7.49. The van der Waals surface area contributed by atoms with Crippen LogP contribution in [-0.2, 0) is 4.79 Å². The van der Waals surface area contributed by atoms with E-state index in [1.54, 1.807) is 0 Å². The van der Waals surface area contributed by atoms with Crippen LogP contribution in [0.3, 0.4) is 0 Å². The van der Waals surface area contributed by atoms with Gasteiger partial charge in [0.25, 0.3) is 0 Å². The van der Waals surface area contributed by atoms with Crippen LogP contribution in [0.1, 0.15) is 30.9 Å². The summed E-state index contributed by atoms with van der Waals surface area (Å²) in [4.78, 5) is 12.6. The van der Waals surface area contributed by atoms with E-state index >= 15 is 0 Å². The number of anilines is 1. The minimum absolute atomic E-state index is 0.0692. The molecule has 0 saturated heterocycles. The average Bonchev–Trinajstić information content (AvgIpc) is 2.63. The summed E-state index contributed by atoms with van der Waals surface area (Å²) in [5.74, 6) is 1.88. The minimum atomic E-state index is -0.303. The maximum atomic E-state index is 12.6. The minimum Gasteiger partial charge on any atom is -0.494 e. The van der Waals surface area contributed by atoms with E-state index in [1.165, 1.54) is 0 Å². The molecule has 0 spiro atoms. The Balaban J connectivity index is 1.71. The van der Waals surface area contributed by atoms with Gasteiger partial charge in [-0.3, -0.25) is 4.79 Å². The van der Waals surface area contributed by atoms with Gasteiger partial charge in [0.05, 0.1) is 12.5 Å². The molecule has 1 N–H and O–H groups in total. The van der Waals surface area contributed by atoms with Crippen molar-refractivity contribution < 1.29 is 19.0 Å². The first-order chi connectivity index (χ1) is 12.1. The van der Waals surface area contributed by atoms with Crippen LogP contribution in [0.2, 0.25) is 0 Å². The molecule has 0 fully saturated rings. The predicted molar refractivity (Wildman–Crippen MR) is 96.8 cm³/mol. The number of fused-ring (bicyclic) bond motifs is 1. The van der Waals surface area contributed by atoms with Gasteiger partial charge in [0.1, 0.15) is 19.0 Å². The molecule has 5 heteroatoms. The molecule has 1 aliphatic rings. The number of aryl methyl sites for hydroxylation is 1. The van der Waals surface area contributed by atoms with Crippen molar-refractivity contribution in [3.05, 3.63) is 47.5 Å². The maximum absolute atomic E-state index is 12.6. The molecule has 1 unspecified atom stereocenters. The van der Waals surface area contributed by atoms with Crippen molar-refractivity contribution in [2.24, 2.45) is 0 Å². The monoisotopic (exact) mass is 341 g/mol. The number of benzene rings is 2. The molecule has 132 valence electrons. The van der Waals surface area contributed by atoms with Crippen LogP contribution in [0.15, 0.2) is 36.4 Å². The van der Waals surface area contributed by atoms with Gasteiger partial charge in [0.15, 0.2) is 11.5 Å². The second kappa shape index (κ2) is 7.47. The molecule has 5 nitrogen and oxygen atoms in total. The predicted octanol–water partition coefficient (Wildman–Crippen LogP) is 3.91. The van der Waals surface area contributed by atoms with Gasteiger partial charge in [0.2, 0.25) is 5.91 Å². The van der Waals surface area contributed by atoms with E-state index in [0.29, 0.717) is 25.6 Å². The van der Waals surface area contributed by atoms with Crippen LogP contribution < -0.4 is 19.5 Å². The Kier molecular flexibility index (Phi) is 5.12. The zero-order valence-corrected chi connectivity index (χ0v) is 14.8. The molecule has 1 heterocycles. The number of nitrogens with one attached hydrogen (secondary N) is 1. The third kappa shape index (κ3) is 3.87. The maximum Gasteiger partial charge on any atom is 0.231 e. The fourth-order valence-electron chi connectivity index (χ4n) is 2.78. The highest BCUT2D eigenvalue weighted by atomic mass is 16.6. The van der Waals surface area contributed by atoms with Crippen LogP contribution in [0.4, 0.5) is 5.69 Å². The average molecular weight is 341 g/mol. The molecular weight excluding hydrogens is 318 g/mol. The third-order valence-electron chi connectivity index (χ3n) is 4.20. The van der Waals surface area contributed by atoms with E-state index in [0.717, 1.165) is 28.3 Å². The molecule has 25 heavy (non-hydrogen) atoms. The van der Waals surface area contributed by atoms with Gasteiger partial charge in [-0.25, -0.2) is 0 Å². The standard InChI is InChI=1S/C20H23NO4/c1-4-23-17-8-6-16(11-13(17)2)21-20(22)14(3)15-5-7-18-19(12-15)25-10-9-24-18/h5-8,11-12,14H,4,9-10H2,1-3H3,(H,21,22). The largest absolute Gasteiger partial charge is 0.494 e. The Morgan fingerprint density at radius 2 is 1.92 bits per heavy atom. The van der Waals surface area contributed by atoms with E-state index in [4.69, 9.17) is 14.2 Å². The molecule has 1 atom stereocenters. The Hall–Kier alpha value is -2.69. The zero-order chi connectivity index (χ0) is 17.8. The molecule has 0 saturated carbocycles. The number of carbonyl (C=O) groups is 1. The molecule has 3 rings (SSSR count). The van der Waals surface area contributed by atoms with Crippen LogP contribution in [0.25, 0.3) is 0 Å². The number of rotatable bonds is 5. The van der Waals surface area contributed by atoms with Crippen molar-refractivity contribution in [2.45, 2.75) is 26.7 Å². The number of amides is 1. The number of carbonyl (C=O) groups excluding carboxylic acids is 1. The lowest BCUT2D eigenvalue weighted by Crippen LogP contribution is -2.20. The highest BCUT2D eigenvalue weighted by Gasteiger charge is 2.19. The molecular formula is C20H23NO4. The summed E-state index contributed by atoms with van der Waals surface area (Å²) >= 11 is 0. The first-order valence-electron chi connectivity index (χ1n) is 8.52. The molecule has 0 radical (unpaired) electrons.